The third-order valence-corrected chi connectivity index (χ3v) is 2.27. The number of fused-ring (bicyclic) bond motifs is 1. The van der Waals surface area contributed by atoms with E-state index in [-0.39, 0.29) is 0 Å². The Morgan fingerprint density at radius 1 is 1.33 bits per heavy atom. The number of aryl methyl sites for hydroxylation is 1. The van der Waals surface area contributed by atoms with Crippen LogP contribution in [0.5, 0.6) is 0 Å². The normalized spacial score (nSPS) is 12.3. The first-order valence-corrected chi connectivity index (χ1v) is 4.55. The Labute approximate surface area is 84.4 Å². The van der Waals surface area contributed by atoms with Gasteiger partial charge in [0.25, 0.3) is 0 Å². The van der Waals surface area contributed by atoms with E-state index in [2.05, 4.69) is 4.98 Å². The Balaban J connectivity index is 2.67. The number of halogens is 3. The molecule has 0 saturated carbocycles. The fraction of sp³-hybridized carbons (Fsp3) is 0.300. The molecule has 0 aliphatic rings. The van der Waals surface area contributed by atoms with Crippen molar-refractivity contribution < 1.29 is 13.2 Å². The monoisotopic (exact) mass is 214 g/mol. The molecule has 2 nitrogen and oxygen atoms in total. The van der Waals surface area contributed by atoms with E-state index >= 15 is 0 Å². The summed E-state index contributed by atoms with van der Waals surface area (Å²) in [7, 11) is 0. The Kier molecular flexibility index (Phi) is 2.17. The first-order valence-electron chi connectivity index (χ1n) is 4.55. The van der Waals surface area contributed by atoms with Gasteiger partial charge in [-0.05, 0) is 18.1 Å². The SMILES string of the molecule is CCc1ccc2ncc(C(F)(F)F)n2c1. The van der Waals surface area contributed by atoms with Crippen molar-refractivity contribution in [2.75, 3.05) is 0 Å². The van der Waals surface area contributed by atoms with E-state index in [0.29, 0.717) is 12.1 Å². The van der Waals surface area contributed by atoms with Gasteiger partial charge in [-0.3, -0.25) is 4.40 Å². The molecule has 0 radical (unpaired) electrons. The molecule has 0 bridgehead atoms. The maximum atomic E-state index is 12.5. The highest BCUT2D eigenvalue weighted by atomic mass is 19.4. The summed E-state index contributed by atoms with van der Waals surface area (Å²) in [5.74, 6) is 0. The highest BCUT2D eigenvalue weighted by Crippen LogP contribution is 2.29. The van der Waals surface area contributed by atoms with Crippen LogP contribution in [0, 0.1) is 0 Å². The Hall–Kier alpha value is -1.52. The van der Waals surface area contributed by atoms with Crippen molar-refractivity contribution in [3.8, 4) is 0 Å². The molecule has 0 aromatic carbocycles. The van der Waals surface area contributed by atoms with Crippen molar-refractivity contribution in [3.63, 3.8) is 0 Å². The van der Waals surface area contributed by atoms with Gasteiger partial charge in [0, 0.05) is 6.20 Å². The molecule has 0 saturated heterocycles. The molecule has 0 unspecified atom stereocenters. The van der Waals surface area contributed by atoms with Crippen LogP contribution < -0.4 is 0 Å². The van der Waals surface area contributed by atoms with Gasteiger partial charge in [-0.25, -0.2) is 4.98 Å². The Morgan fingerprint density at radius 2 is 2.07 bits per heavy atom. The minimum absolute atomic E-state index is 0.319. The summed E-state index contributed by atoms with van der Waals surface area (Å²) in [6.45, 7) is 1.89. The summed E-state index contributed by atoms with van der Waals surface area (Å²) in [4.78, 5) is 3.70. The van der Waals surface area contributed by atoms with Gasteiger partial charge in [-0.2, -0.15) is 13.2 Å². The Morgan fingerprint density at radius 3 is 2.67 bits per heavy atom. The van der Waals surface area contributed by atoms with E-state index in [9.17, 15) is 13.2 Å². The second kappa shape index (κ2) is 3.25. The van der Waals surface area contributed by atoms with Crippen molar-refractivity contribution in [1.82, 2.24) is 9.38 Å². The quantitative estimate of drug-likeness (QED) is 0.713. The van der Waals surface area contributed by atoms with Crippen LogP contribution >= 0.6 is 0 Å². The number of pyridine rings is 1. The molecule has 80 valence electrons. The molecule has 15 heavy (non-hydrogen) atoms. The smallest absolute Gasteiger partial charge is 0.296 e. The lowest BCUT2D eigenvalue weighted by atomic mass is 10.2. The average Bonchev–Trinajstić information content (AvgIpc) is 2.59. The van der Waals surface area contributed by atoms with E-state index in [0.717, 1.165) is 16.2 Å². The number of aromatic nitrogens is 2. The van der Waals surface area contributed by atoms with Gasteiger partial charge >= 0.3 is 6.18 Å². The summed E-state index contributed by atoms with van der Waals surface area (Å²) in [5.41, 5.74) is 0.443. The van der Waals surface area contributed by atoms with Crippen LogP contribution in [0.1, 0.15) is 18.2 Å². The third-order valence-electron chi connectivity index (χ3n) is 2.27. The standard InChI is InChI=1S/C10H9F3N2/c1-2-7-3-4-9-14-5-8(10(11,12)13)15(9)6-7/h3-6H,2H2,1H3. The van der Waals surface area contributed by atoms with E-state index < -0.39 is 11.9 Å². The van der Waals surface area contributed by atoms with Crippen LogP contribution in [0.25, 0.3) is 5.65 Å². The van der Waals surface area contributed by atoms with Gasteiger partial charge in [-0.15, -0.1) is 0 Å². The van der Waals surface area contributed by atoms with Gasteiger partial charge in [0.05, 0.1) is 6.20 Å². The lowest BCUT2D eigenvalue weighted by Gasteiger charge is -2.06. The van der Waals surface area contributed by atoms with Crippen LogP contribution in [-0.2, 0) is 12.6 Å². The predicted octanol–water partition coefficient (Wildman–Crippen LogP) is 2.92. The molecule has 2 rings (SSSR count). The predicted molar refractivity (Wildman–Crippen MR) is 49.6 cm³/mol. The molecule has 2 aromatic rings. The third kappa shape index (κ3) is 1.69. The van der Waals surface area contributed by atoms with E-state index in [1.54, 1.807) is 12.1 Å². The topological polar surface area (TPSA) is 17.3 Å². The number of hydrogen-bond acceptors (Lipinski definition) is 1. The maximum Gasteiger partial charge on any atom is 0.433 e. The molecule has 0 amide bonds. The molecule has 0 atom stereocenters. The van der Waals surface area contributed by atoms with E-state index in [1.807, 2.05) is 6.92 Å². The molecule has 2 aromatic heterocycles. The van der Waals surface area contributed by atoms with Crippen molar-refractivity contribution in [2.24, 2.45) is 0 Å². The molecule has 5 heteroatoms. The second-order valence-electron chi connectivity index (χ2n) is 3.26. The zero-order valence-electron chi connectivity index (χ0n) is 8.04. The van der Waals surface area contributed by atoms with Gasteiger partial charge in [0.1, 0.15) is 11.3 Å². The van der Waals surface area contributed by atoms with Gasteiger partial charge in [0.2, 0.25) is 0 Å². The second-order valence-corrected chi connectivity index (χ2v) is 3.26. The first kappa shape index (κ1) is 10.0. The fourth-order valence-corrected chi connectivity index (χ4v) is 1.44. The minimum atomic E-state index is -4.36. The molecule has 0 fully saturated rings. The zero-order chi connectivity index (χ0) is 11.1. The lowest BCUT2D eigenvalue weighted by molar-refractivity contribution is -0.141. The zero-order valence-corrected chi connectivity index (χ0v) is 8.04. The highest BCUT2D eigenvalue weighted by molar-refractivity contribution is 5.42. The number of alkyl halides is 3. The summed E-state index contributed by atoms with van der Waals surface area (Å²) in [6, 6.07) is 3.37. The average molecular weight is 214 g/mol. The van der Waals surface area contributed by atoms with Crippen molar-refractivity contribution >= 4 is 5.65 Å². The summed E-state index contributed by atoms with van der Waals surface area (Å²) in [6.07, 6.45) is -1.32. The lowest BCUT2D eigenvalue weighted by Crippen LogP contribution is -2.08. The minimum Gasteiger partial charge on any atom is -0.296 e. The van der Waals surface area contributed by atoms with Crippen LogP contribution in [0.15, 0.2) is 24.5 Å². The highest BCUT2D eigenvalue weighted by Gasteiger charge is 2.34. The number of nitrogens with zero attached hydrogens (tertiary/aromatic N) is 2. The summed E-state index contributed by atoms with van der Waals surface area (Å²) >= 11 is 0. The van der Waals surface area contributed by atoms with Crippen LogP contribution in [0.3, 0.4) is 0 Å². The van der Waals surface area contributed by atoms with Gasteiger partial charge in [0.15, 0.2) is 0 Å². The van der Waals surface area contributed by atoms with E-state index in [4.69, 9.17) is 0 Å². The Bertz CT molecular complexity index is 485. The molecule has 0 N–H and O–H groups in total. The van der Waals surface area contributed by atoms with Crippen molar-refractivity contribution in [3.05, 3.63) is 35.8 Å². The number of imidazole rings is 1. The van der Waals surface area contributed by atoms with Crippen LogP contribution in [-0.4, -0.2) is 9.38 Å². The molecular weight excluding hydrogens is 205 g/mol. The number of hydrogen-bond donors (Lipinski definition) is 0. The summed E-state index contributed by atoms with van der Waals surface area (Å²) < 4.78 is 38.7. The molecular formula is C10H9F3N2. The number of rotatable bonds is 1. The molecule has 2 heterocycles. The van der Waals surface area contributed by atoms with Crippen molar-refractivity contribution in [1.29, 1.82) is 0 Å². The molecule has 0 aliphatic heterocycles. The van der Waals surface area contributed by atoms with E-state index in [1.165, 1.54) is 6.20 Å². The van der Waals surface area contributed by atoms with Crippen LogP contribution in [0.2, 0.25) is 0 Å². The summed E-state index contributed by atoms with van der Waals surface area (Å²) in [5, 5.41) is 0. The van der Waals surface area contributed by atoms with Crippen molar-refractivity contribution in [2.45, 2.75) is 19.5 Å². The first-order chi connectivity index (χ1) is 7.02. The largest absolute Gasteiger partial charge is 0.433 e. The van der Waals surface area contributed by atoms with Crippen LogP contribution in [0.4, 0.5) is 13.2 Å². The van der Waals surface area contributed by atoms with Gasteiger partial charge in [-0.1, -0.05) is 13.0 Å². The fourth-order valence-electron chi connectivity index (χ4n) is 1.44. The molecule has 0 spiro atoms. The molecule has 0 aliphatic carbocycles. The van der Waals surface area contributed by atoms with Gasteiger partial charge < -0.3 is 0 Å². The maximum absolute atomic E-state index is 12.5.